The molecule has 1 fully saturated rings. The molecule has 1 unspecified atom stereocenters. The van der Waals surface area contributed by atoms with E-state index in [4.69, 9.17) is 17.3 Å². The van der Waals surface area contributed by atoms with E-state index in [1.165, 1.54) is 6.42 Å². The molecule has 4 nitrogen and oxygen atoms in total. The molecular formula is C10H16Cl2N4. The van der Waals surface area contributed by atoms with E-state index < -0.39 is 0 Å². The fourth-order valence-corrected chi connectivity index (χ4v) is 2.05. The van der Waals surface area contributed by atoms with Crippen LogP contribution in [0.3, 0.4) is 0 Å². The van der Waals surface area contributed by atoms with E-state index in [0.29, 0.717) is 11.1 Å². The van der Waals surface area contributed by atoms with Crippen LogP contribution in [0.4, 0.5) is 5.95 Å². The maximum Gasteiger partial charge on any atom is 0.226 e. The Bertz CT molecular complexity index is 334. The van der Waals surface area contributed by atoms with Crippen LogP contribution in [0, 0.1) is 5.92 Å². The van der Waals surface area contributed by atoms with Gasteiger partial charge < -0.3 is 10.6 Å². The molecule has 1 aromatic heterocycles. The zero-order valence-electron chi connectivity index (χ0n) is 8.97. The Kier molecular flexibility index (Phi) is 5.25. The third kappa shape index (κ3) is 3.20. The van der Waals surface area contributed by atoms with Crippen molar-refractivity contribution in [2.75, 3.05) is 24.5 Å². The van der Waals surface area contributed by atoms with E-state index in [2.05, 4.69) is 14.9 Å². The van der Waals surface area contributed by atoms with Crippen LogP contribution < -0.4 is 10.6 Å². The summed E-state index contributed by atoms with van der Waals surface area (Å²) >= 11 is 5.83. The number of aromatic nitrogens is 2. The molecule has 16 heavy (non-hydrogen) atoms. The Morgan fingerprint density at radius 1 is 1.56 bits per heavy atom. The van der Waals surface area contributed by atoms with Crippen molar-refractivity contribution in [3.05, 3.63) is 17.4 Å². The molecule has 0 spiro atoms. The molecule has 2 N–H and O–H groups in total. The summed E-state index contributed by atoms with van der Waals surface area (Å²) in [6, 6.07) is 1.69. The summed E-state index contributed by atoms with van der Waals surface area (Å²) in [5, 5.41) is 0.495. The van der Waals surface area contributed by atoms with Gasteiger partial charge in [0, 0.05) is 19.3 Å². The first kappa shape index (κ1) is 13.5. The van der Waals surface area contributed by atoms with E-state index in [0.717, 1.165) is 32.0 Å². The Labute approximate surface area is 107 Å². The van der Waals surface area contributed by atoms with Gasteiger partial charge >= 0.3 is 0 Å². The summed E-state index contributed by atoms with van der Waals surface area (Å²) in [5.74, 6) is 1.28. The zero-order chi connectivity index (χ0) is 10.7. The number of anilines is 1. The van der Waals surface area contributed by atoms with Crippen LogP contribution >= 0.6 is 24.0 Å². The Hall–Kier alpha value is -0.580. The lowest BCUT2D eigenvalue weighted by Gasteiger charge is -2.32. The van der Waals surface area contributed by atoms with E-state index in [-0.39, 0.29) is 12.4 Å². The van der Waals surface area contributed by atoms with Crippen molar-refractivity contribution in [3.8, 4) is 0 Å². The monoisotopic (exact) mass is 262 g/mol. The Morgan fingerprint density at radius 2 is 2.38 bits per heavy atom. The fourth-order valence-electron chi connectivity index (χ4n) is 1.92. The summed E-state index contributed by atoms with van der Waals surface area (Å²) in [4.78, 5) is 10.6. The average molecular weight is 263 g/mol. The first-order chi connectivity index (χ1) is 7.29. The van der Waals surface area contributed by atoms with Crippen molar-refractivity contribution in [3.63, 3.8) is 0 Å². The van der Waals surface area contributed by atoms with Crippen LogP contribution in [-0.4, -0.2) is 29.6 Å². The number of piperidine rings is 1. The SMILES string of the molecule is Cl.NCC1CCCN(c2nccc(Cl)n2)C1. The minimum atomic E-state index is 0. The fraction of sp³-hybridized carbons (Fsp3) is 0.600. The lowest BCUT2D eigenvalue weighted by atomic mass is 9.99. The molecule has 6 heteroatoms. The molecule has 1 aromatic rings. The van der Waals surface area contributed by atoms with Crippen LogP contribution in [-0.2, 0) is 0 Å². The third-order valence-corrected chi connectivity index (χ3v) is 2.95. The predicted molar refractivity (Wildman–Crippen MR) is 68.3 cm³/mol. The molecule has 0 saturated carbocycles. The second kappa shape index (κ2) is 6.23. The Morgan fingerprint density at radius 3 is 3.06 bits per heavy atom. The Balaban J connectivity index is 0.00000128. The third-order valence-electron chi connectivity index (χ3n) is 2.74. The van der Waals surface area contributed by atoms with Gasteiger partial charge in [0.15, 0.2) is 0 Å². The van der Waals surface area contributed by atoms with Crippen LogP contribution in [0.15, 0.2) is 12.3 Å². The van der Waals surface area contributed by atoms with E-state index in [1.807, 2.05) is 0 Å². The lowest BCUT2D eigenvalue weighted by molar-refractivity contribution is 0.419. The lowest BCUT2D eigenvalue weighted by Crippen LogP contribution is -2.39. The van der Waals surface area contributed by atoms with E-state index in [1.54, 1.807) is 12.3 Å². The number of hydrogen-bond donors (Lipinski definition) is 1. The molecular weight excluding hydrogens is 247 g/mol. The molecule has 1 saturated heterocycles. The van der Waals surface area contributed by atoms with Gasteiger partial charge in [0.2, 0.25) is 5.95 Å². The summed E-state index contributed by atoms with van der Waals surface area (Å²) < 4.78 is 0. The van der Waals surface area contributed by atoms with Crippen molar-refractivity contribution < 1.29 is 0 Å². The smallest absolute Gasteiger partial charge is 0.226 e. The topological polar surface area (TPSA) is 55.0 Å². The molecule has 0 bridgehead atoms. The summed E-state index contributed by atoms with van der Waals surface area (Å²) in [7, 11) is 0. The molecule has 2 rings (SSSR count). The van der Waals surface area contributed by atoms with Gasteiger partial charge in [-0.25, -0.2) is 9.97 Å². The zero-order valence-corrected chi connectivity index (χ0v) is 10.5. The van der Waals surface area contributed by atoms with Gasteiger partial charge in [-0.15, -0.1) is 12.4 Å². The average Bonchev–Trinajstić information content (AvgIpc) is 2.29. The van der Waals surface area contributed by atoms with Gasteiger partial charge in [0.05, 0.1) is 0 Å². The van der Waals surface area contributed by atoms with Crippen molar-refractivity contribution in [1.82, 2.24) is 9.97 Å². The van der Waals surface area contributed by atoms with Gasteiger partial charge in [-0.2, -0.15) is 0 Å². The van der Waals surface area contributed by atoms with Crippen molar-refractivity contribution in [2.45, 2.75) is 12.8 Å². The quantitative estimate of drug-likeness (QED) is 0.825. The number of rotatable bonds is 2. The molecule has 0 amide bonds. The molecule has 1 atom stereocenters. The second-order valence-electron chi connectivity index (χ2n) is 3.87. The van der Waals surface area contributed by atoms with Gasteiger partial charge in [-0.3, -0.25) is 0 Å². The minimum Gasteiger partial charge on any atom is -0.340 e. The number of nitrogens with zero attached hydrogens (tertiary/aromatic N) is 3. The number of halogens is 2. The second-order valence-corrected chi connectivity index (χ2v) is 4.26. The van der Waals surface area contributed by atoms with Crippen LogP contribution in [0.5, 0.6) is 0 Å². The molecule has 0 aromatic carbocycles. The van der Waals surface area contributed by atoms with Crippen LogP contribution in [0.1, 0.15) is 12.8 Å². The van der Waals surface area contributed by atoms with E-state index in [9.17, 15) is 0 Å². The molecule has 2 heterocycles. The highest BCUT2D eigenvalue weighted by Gasteiger charge is 2.20. The summed E-state index contributed by atoms with van der Waals surface area (Å²) in [5.41, 5.74) is 5.68. The van der Waals surface area contributed by atoms with Gasteiger partial charge in [0.1, 0.15) is 5.15 Å². The molecule has 0 aliphatic carbocycles. The maximum absolute atomic E-state index is 5.83. The van der Waals surface area contributed by atoms with Crippen molar-refractivity contribution >= 4 is 30.0 Å². The van der Waals surface area contributed by atoms with Gasteiger partial charge in [0.25, 0.3) is 0 Å². The van der Waals surface area contributed by atoms with Gasteiger partial charge in [-0.1, -0.05) is 11.6 Å². The number of nitrogens with two attached hydrogens (primary N) is 1. The number of hydrogen-bond acceptors (Lipinski definition) is 4. The largest absolute Gasteiger partial charge is 0.340 e. The molecule has 1 aliphatic heterocycles. The molecule has 90 valence electrons. The highest BCUT2D eigenvalue weighted by Crippen LogP contribution is 2.20. The van der Waals surface area contributed by atoms with Crippen LogP contribution in [0.2, 0.25) is 5.15 Å². The highest BCUT2D eigenvalue weighted by atomic mass is 35.5. The first-order valence-electron chi connectivity index (χ1n) is 5.23. The van der Waals surface area contributed by atoms with E-state index >= 15 is 0 Å². The minimum absolute atomic E-state index is 0. The highest BCUT2D eigenvalue weighted by molar-refractivity contribution is 6.29. The van der Waals surface area contributed by atoms with Gasteiger partial charge in [-0.05, 0) is 31.4 Å². The first-order valence-corrected chi connectivity index (χ1v) is 5.61. The predicted octanol–water partition coefficient (Wildman–Crippen LogP) is 1.73. The molecule has 0 radical (unpaired) electrons. The van der Waals surface area contributed by atoms with Crippen molar-refractivity contribution in [2.24, 2.45) is 11.7 Å². The normalized spacial score (nSPS) is 20.4. The van der Waals surface area contributed by atoms with Crippen molar-refractivity contribution in [1.29, 1.82) is 0 Å². The standard InChI is InChI=1S/C10H15ClN4.ClH/c11-9-3-4-13-10(14-9)15-5-1-2-8(6-12)7-15;/h3-4,8H,1-2,5-7,12H2;1H. The summed E-state index contributed by atoms with van der Waals surface area (Å²) in [6.07, 6.45) is 4.04. The summed E-state index contributed by atoms with van der Waals surface area (Å²) in [6.45, 7) is 2.67. The molecule has 1 aliphatic rings. The maximum atomic E-state index is 5.83. The van der Waals surface area contributed by atoms with Crippen LogP contribution in [0.25, 0.3) is 0 Å².